The van der Waals surface area contributed by atoms with Crippen molar-refractivity contribution < 1.29 is 4.79 Å². The molecule has 4 nitrogen and oxygen atoms in total. The van der Waals surface area contributed by atoms with E-state index < -0.39 is 0 Å². The molecule has 1 saturated carbocycles. The highest BCUT2D eigenvalue weighted by Gasteiger charge is 2.36. The van der Waals surface area contributed by atoms with Gasteiger partial charge in [0.25, 0.3) is 5.91 Å². The van der Waals surface area contributed by atoms with Gasteiger partial charge in [0.2, 0.25) is 0 Å². The highest BCUT2D eigenvalue weighted by molar-refractivity contribution is 8.00. The van der Waals surface area contributed by atoms with Gasteiger partial charge >= 0.3 is 0 Å². The van der Waals surface area contributed by atoms with E-state index in [9.17, 15) is 4.79 Å². The van der Waals surface area contributed by atoms with Crippen LogP contribution in [0.15, 0.2) is 12.3 Å². The van der Waals surface area contributed by atoms with Gasteiger partial charge in [0.15, 0.2) is 0 Å². The van der Waals surface area contributed by atoms with Crippen LogP contribution in [0.25, 0.3) is 0 Å². The van der Waals surface area contributed by atoms with Crippen molar-refractivity contribution in [3.63, 3.8) is 0 Å². The second-order valence-corrected chi connectivity index (χ2v) is 6.16. The van der Waals surface area contributed by atoms with Crippen LogP contribution < -0.4 is 11.1 Å². The Morgan fingerprint density at radius 3 is 2.94 bits per heavy atom. The summed E-state index contributed by atoms with van der Waals surface area (Å²) in [6.45, 7) is 0.665. The molecule has 1 aliphatic carbocycles. The lowest BCUT2D eigenvalue weighted by Gasteiger charge is -2.40. The first-order valence-electron chi connectivity index (χ1n) is 5.81. The lowest BCUT2D eigenvalue weighted by molar-refractivity contribution is 0.0944. The number of nitrogens with zero attached hydrogens (tertiary/aromatic N) is 1. The monoisotopic (exact) mass is 285 g/mol. The number of nitrogen functional groups attached to an aromatic ring is 1. The minimum absolute atomic E-state index is 0.188. The molecule has 3 N–H and O–H groups in total. The molecule has 0 aliphatic heterocycles. The van der Waals surface area contributed by atoms with Gasteiger partial charge in [0.05, 0.1) is 17.4 Å². The van der Waals surface area contributed by atoms with Crippen molar-refractivity contribution in [2.45, 2.75) is 24.0 Å². The van der Waals surface area contributed by atoms with Crippen molar-refractivity contribution in [2.75, 3.05) is 18.5 Å². The van der Waals surface area contributed by atoms with Gasteiger partial charge in [0, 0.05) is 11.3 Å². The molecule has 0 bridgehead atoms. The molecule has 0 unspecified atom stereocenters. The van der Waals surface area contributed by atoms with Crippen LogP contribution in [0.5, 0.6) is 0 Å². The number of aromatic nitrogens is 1. The predicted molar refractivity (Wildman–Crippen MR) is 76.1 cm³/mol. The summed E-state index contributed by atoms with van der Waals surface area (Å²) in [7, 11) is 0. The molecule has 2 rings (SSSR count). The zero-order valence-electron chi connectivity index (χ0n) is 10.2. The first-order chi connectivity index (χ1) is 8.56. The lowest BCUT2D eigenvalue weighted by atomic mass is 9.84. The fourth-order valence-electron chi connectivity index (χ4n) is 1.98. The molecule has 1 heterocycles. The van der Waals surface area contributed by atoms with E-state index in [1.807, 2.05) is 11.8 Å². The van der Waals surface area contributed by atoms with Crippen molar-refractivity contribution in [3.05, 3.63) is 23.0 Å². The number of pyridine rings is 1. The molecule has 0 saturated heterocycles. The van der Waals surface area contributed by atoms with E-state index in [-0.39, 0.29) is 15.8 Å². The molecule has 0 radical (unpaired) electrons. The van der Waals surface area contributed by atoms with Crippen LogP contribution in [0.1, 0.15) is 29.6 Å². The Balaban J connectivity index is 2.01. The second-order valence-electron chi connectivity index (χ2n) is 4.53. The maximum Gasteiger partial charge on any atom is 0.254 e. The number of carbonyl (C=O) groups is 1. The molecule has 0 aromatic carbocycles. The average Bonchev–Trinajstić information content (AvgIpc) is 2.31. The zero-order valence-corrected chi connectivity index (χ0v) is 11.8. The summed E-state index contributed by atoms with van der Waals surface area (Å²) in [5, 5.41) is 3.11. The molecule has 1 aromatic rings. The minimum Gasteiger partial charge on any atom is -0.397 e. The normalized spacial score (nSPS) is 17.0. The van der Waals surface area contributed by atoms with Crippen LogP contribution >= 0.6 is 23.4 Å². The number of hydrogen-bond donors (Lipinski definition) is 2. The van der Waals surface area contributed by atoms with Crippen LogP contribution in [0.2, 0.25) is 5.15 Å². The quantitative estimate of drug-likeness (QED) is 0.833. The van der Waals surface area contributed by atoms with Crippen LogP contribution in [0.4, 0.5) is 5.69 Å². The maximum absolute atomic E-state index is 12.0. The fraction of sp³-hybridized carbons (Fsp3) is 0.500. The van der Waals surface area contributed by atoms with Crippen LogP contribution in [0, 0.1) is 0 Å². The Hall–Kier alpha value is -0.940. The van der Waals surface area contributed by atoms with Gasteiger partial charge in [-0.1, -0.05) is 18.0 Å². The molecular weight excluding hydrogens is 270 g/mol. The number of halogens is 1. The van der Waals surface area contributed by atoms with E-state index in [4.69, 9.17) is 17.3 Å². The Kier molecular flexibility index (Phi) is 4.02. The molecule has 0 spiro atoms. The largest absolute Gasteiger partial charge is 0.397 e. The van der Waals surface area contributed by atoms with Crippen molar-refractivity contribution in [3.8, 4) is 0 Å². The van der Waals surface area contributed by atoms with E-state index >= 15 is 0 Å². The van der Waals surface area contributed by atoms with E-state index in [1.165, 1.54) is 12.6 Å². The molecule has 1 aliphatic rings. The highest BCUT2D eigenvalue weighted by Crippen LogP contribution is 2.42. The average molecular weight is 286 g/mol. The maximum atomic E-state index is 12.0. The number of hydrogen-bond acceptors (Lipinski definition) is 4. The molecule has 6 heteroatoms. The molecule has 1 aromatic heterocycles. The standard InChI is InChI=1S/C12H16ClN3OS/c1-18-12(3-2-4-12)7-16-11(17)9-5-8(14)6-15-10(9)13/h5-6H,2-4,7,14H2,1H3,(H,16,17). The zero-order chi connectivity index (χ0) is 13.2. The summed E-state index contributed by atoms with van der Waals surface area (Å²) in [6, 6.07) is 1.55. The Morgan fingerprint density at radius 2 is 2.39 bits per heavy atom. The third-order valence-electron chi connectivity index (χ3n) is 3.37. The van der Waals surface area contributed by atoms with Gasteiger partial charge in [-0.2, -0.15) is 11.8 Å². The summed E-state index contributed by atoms with van der Waals surface area (Å²) in [4.78, 5) is 15.9. The van der Waals surface area contributed by atoms with E-state index in [2.05, 4.69) is 16.6 Å². The van der Waals surface area contributed by atoms with Crippen molar-refractivity contribution in [1.29, 1.82) is 0 Å². The fourth-order valence-corrected chi connectivity index (χ4v) is 3.09. The Morgan fingerprint density at radius 1 is 1.67 bits per heavy atom. The molecule has 18 heavy (non-hydrogen) atoms. The summed E-state index contributed by atoms with van der Waals surface area (Å²) >= 11 is 7.71. The molecular formula is C12H16ClN3OS. The smallest absolute Gasteiger partial charge is 0.254 e. The van der Waals surface area contributed by atoms with Gasteiger partial charge in [-0.3, -0.25) is 4.79 Å². The van der Waals surface area contributed by atoms with Crippen molar-refractivity contribution in [2.24, 2.45) is 0 Å². The van der Waals surface area contributed by atoms with Gasteiger partial charge in [-0.15, -0.1) is 0 Å². The topological polar surface area (TPSA) is 68.0 Å². The van der Waals surface area contributed by atoms with Gasteiger partial charge in [0.1, 0.15) is 5.15 Å². The van der Waals surface area contributed by atoms with Crippen molar-refractivity contribution >= 4 is 35.0 Å². The summed E-state index contributed by atoms with van der Waals surface area (Å²) in [5.74, 6) is -0.208. The van der Waals surface area contributed by atoms with E-state index in [1.54, 1.807) is 6.07 Å². The number of amides is 1. The predicted octanol–water partition coefficient (Wildman–Crippen LogP) is 2.33. The third kappa shape index (κ3) is 2.72. The number of carbonyl (C=O) groups excluding carboxylic acids is 1. The number of thioether (sulfide) groups is 1. The molecule has 1 fully saturated rings. The lowest BCUT2D eigenvalue weighted by Crippen LogP contribution is -2.45. The number of nitrogens with two attached hydrogens (primary N) is 1. The van der Waals surface area contributed by atoms with E-state index in [0.717, 1.165) is 12.8 Å². The Labute approximate surface area is 116 Å². The third-order valence-corrected chi connectivity index (χ3v) is 5.09. The summed E-state index contributed by atoms with van der Waals surface area (Å²) in [5.41, 5.74) is 6.38. The Bertz CT molecular complexity index is 457. The summed E-state index contributed by atoms with van der Waals surface area (Å²) < 4.78 is 0.204. The number of rotatable bonds is 4. The van der Waals surface area contributed by atoms with Crippen LogP contribution in [-0.4, -0.2) is 28.4 Å². The second kappa shape index (κ2) is 5.36. The van der Waals surface area contributed by atoms with Crippen LogP contribution in [0.3, 0.4) is 0 Å². The summed E-state index contributed by atoms with van der Waals surface area (Å²) in [6.07, 6.45) is 7.06. The molecule has 98 valence electrons. The van der Waals surface area contributed by atoms with Gasteiger partial charge in [-0.25, -0.2) is 4.98 Å². The number of anilines is 1. The van der Waals surface area contributed by atoms with Crippen molar-refractivity contribution in [1.82, 2.24) is 10.3 Å². The van der Waals surface area contributed by atoms with Gasteiger partial charge in [-0.05, 0) is 25.2 Å². The van der Waals surface area contributed by atoms with E-state index in [0.29, 0.717) is 17.8 Å². The molecule has 0 atom stereocenters. The van der Waals surface area contributed by atoms with Crippen LogP contribution in [-0.2, 0) is 0 Å². The van der Waals surface area contributed by atoms with Gasteiger partial charge < -0.3 is 11.1 Å². The molecule has 1 amide bonds. The highest BCUT2D eigenvalue weighted by atomic mass is 35.5. The first kappa shape index (κ1) is 13.5. The first-order valence-corrected chi connectivity index (χ1v) is 7.41. The number of nitrogens with one attached hydrogen (secondary N) is 1. The SMILES string of the molecule is CSC1(CNC(=O)c2cc(N)cnc2Cl)CCC1. The minimum atomic E-state index is -0.208.